The molecule has 269 valence electrons. The second kappa shape index (κ2) is 45.5. The van der Waals surface area contributed by atoms with Crippen molar-refractivity contribution in [2.75, 3.05) is 0 Å². The zero-order valence-electron chi connectivity index (χ0n) is 31.8. The van der Waals surface area contributed by atoms with E-state index in [0.717, 1.165) is 0 Å². The van der Waals surface area contributed by atoms with Crippen LogP contribution in [0.1, 0.15) is 178 Å². The van der Waals surface area contributed by atoms with Gasteiger partial charge in [-0.3, -0.25) is 0 Å². The Balaban J connectivity index is -0.000000253. The predicted octanol–water partition coefficient (Wildman–Crippen LogP) is 13.7. The van der Waals surface area contributed by atoms with Crippen LogP contribution in [0.15, 0.2) is 0 Å². The molecule has 8 heteroatoms. The van der Waals surface area contributed by atoms with Gasteiger partial charge in [0.05, 0.1) is 0 Å². The summed E-state index contributed by atoms with van der Waals surface area (Å²) in [6, 6.07) is 0. The predicted molar refractivity (Wildman–Crippen MR) is 209 cm³/mol. The minimum atomic E-state index is -4.64. The zero-order valence-corrected chi connectivity index (χ0v) is 41.2. The number of rotatable bonds is 27. The van der Waals surface area contributed by atoms with Crippen molar-refractivity contribution in [1.82, 2.24) is 0 Å². The molecule has 0 heterocycles. The van der Waals surface area contributed by atoms with Gasteiger partial charge in [-0.05, 0) is 0 Å². The van der Waals surface area contributed by atoms with Crippen molar-refractivity contribution in [3.8, 4) is 0 Å². The topological polar surface area (TPSA) is 77.8 Å². The summed E-state index contributed by atoms with van der Waals surface area (Å²) in [5.74, 6) is 0. The van der Waals surface area contributed by atoms with Crippen molar-refractivity contribution in [1.29, 1.82) is 0 Å². The van der Waals surface area contributed by atoms with Gasteiger partial charge in [0.15, 0.2) is 0 Å². The van der Waals surface area contributed by atoms with Crippen LogP contribution >= 0.6 is 7.82 Å². The van der Waals surface area contributed by atoms with E-state index in [1.165, 1.54) is 116 Å². The van der Waals surface area contributed by atoms with Gasteiger partial charge in [-0.2, -0.15) is 0 Å². The van der Waals surface area contributed by atoms with Gasteiger partial charge in [0.25, 0.3) is 0 Å². The van der Waals surface area contributed by atoms with Crippen LogP contribution in [0.2, 0.25) is 39.9 Å². The summed E-state index contributed by atoms with van der Waals surface area (Å²) in [5, 5.41) is 0. The first-order valence-electron chi connectivity index (χ1n) is 19.3. The Morgan fingerprint density at radius 2 is 0.409 bits per heavy atom. The number of unbranched alkanes of at least 4 members (excludes halogenated alkanes) is 9. The first-order valence-corrected chi connectivity index (χ1v) is 39.1. The summed E-state index contributed by atoms with van der Waals surface area (Å²) >= 11 is -2.52. The molecule has 0 amide bonds. The van der Waals surface area contributed by atoms with Gasteiger partial charge < -0.3 is 14.7 Å². The molecular weight excluding hydrogens is 883 g/mol. The third-order valence-corrected chi connectivity index (χ3v) is 35.2. The molecule has 0 saturated carbocycles. The van der Waals surface area contributed by atoms with E-state index >= 15 is 0 Å². The summed E-state index contributed by atoms with van der Waals surface area (Å²) in [6.07, 6.45) is 26.5. The SMILES string of the molecule is CCC[CH2][Sn]([CH2]CCC)[CH2]CCC.CCC[CH2][Sn]([CH2]CCC)[CH2]CCC.CCC[CH2][Sn]([CH2]CCC)[CH2]CCC.O=P(O)(O)O. The van der Waals surface area contributed by atoms with Crippen LogP contribution in [0.3, 0.4) is 0 Å². The molecule has 0 aromatic heterocycles. The Morgan fingerprint density at radius 1 is 0.318 bits per heavy atom. The van der Waals surface area contributed by atoms with Gasteiger partial charge in [-0.15, -0.1) is 0 Å². The molecule has 44 heavy (non-hydrogen) atoms. The molecule has 0 aromatic carbocycles. The van der Waals surface area contributed by atoms with Gasteiger partial charge in [0, 0.05) is 0 Å². The van der Waals surface area contributed by atoms with E-state index in [1.54, 1.807) is 39.9 Å². The van der Waals surface area contributed by atoms with Crippen LogP contribution in [0.5, 0.6) is 0 Å². The summed E-state index contributed by atoms with van der Waals surface area (Å²) < 4.78 is 24.0. The maximum Gasteiger partial charge on any atom is 0.466 e. The van der Waals surface area contributed by atoms with Crippen LogP contribution in [0.25, 0.3) is 0 Å². The largest absolute Gasteiger partial charge is 0.466 e. The molecule has 3 radical (unpaired) electrons. The average Bonchev–Trinajstić information content (AvgIpc) is 2.99. The molecule has 0 aliphatic heterocycles. The van der Waals surface area contributed by atoms with Crippen molar-refractivity contribution in [3.63, 3.8) is 0 Å². The van der Waals surface area contributed by atoms with Crippen LogP contribution < -0.4 is 0 Å². The Morgan fingerprint density at radius 3 is 0.477 bits per heavy atom. The fourth-order valence-corrected chi connectivity index (χ4v) is 33.3. The van der Waals surface area contributed by atoms with Gasteiger partial charge in [0.1, 0.15) is 0 Å². The van der Waals surface area contributed by atoms with E-state index in [0.29, 0.717) is 0 Å². The summed E-state index contributed by atoms with van der Waals surface area (Å²) in [6.45, 7) is 21.0. The Labute approximate surface area is 301 Å². The fraction of sp³-hybridized carbons (Fsp3) is 1.00. The average molecular weight is 968 g/mol. The van der Waals surface area contributed by atoms with Gasteiger partial charge in [0.2, 0.25) is 0 Å². The maximum atomic E-state index is 8.88. The van der Waals surface area contributed by atoms with Crippen molar-refractivity contribution in [2.24, 2.45) is 0 Å². The van der Waals surface area contributed by atoms with Crippen molar-refractivity contribution < 1.29 is 19.2 Å². The maximum absolute atomic E-state index is 8.88. The number of hydrogen-bond donors (Lipinski definition) is 3. The third kappa shape index (κ3) is 56.8. The Hall–Kier alpha value is 2.51. The smallest absolute Gasteiger partial charge is 0.303 e. The molecule has 0 bridgehead atoms. The third-order valence-electron chi connectivity index (χ3n) is 7.95. The normalized spacial score (nSPS) is 11.2. The molecule has 3 N–H and O–H groups in total. The second-order valence-corrected chi connectivity index (χ2v) is 39.4. The number of hydrogen-bond acceptors (Lipinski definition) is 1. The minimum Gasteiger partial charge on any atom is -0.303 e. The van der Waals surface area contributed by atoms with Crippen molar-refractivity contribution >= 4 is 67.1 Å². The molecule has 0 aliphatic carbocycles. The van der Waals surface area contributed by atoms with Crippen LogP contribution in [-0.4, -0.2) is 74.0 Å². The molecule has 0 rings (SSSR count). The standard InChI is InChI=1S/9C4H9.H3O4P.3Sn/c9*1-3-4-2;1-5(2,3)4;;;/h9*1,3-4H2,2H3;(H3,1,2,3,4);;;. The first-order chi connectivity index (χ1) is 21.0. The monoisotopic (exact) mass is 971 g/mol. The van der Waals surface area contributed by atoms with E-state index in [1.807, 2.05) is 0 Å². The van der Waals surface area contributed by atoms with E-state index < -0.39 is 67.1 Å². The van der Waals surface area contributed by atoms with E-state index in [2.05, 4.69) is 62.3 Å². The summed E-state index contributed by atoms with van der Waals surface area (Å²) in [4.78, 5) is 21.6. The Kier molecular flexibility index (Phi) is 55.1. The molecule has 0 fully saturated rings. The first kappa shape index (κ1) is 53.3. The van der Waals surface area contributed by atoms with E-state index in [9.17, 15) is 0 Å². The van der Waals surface area contributed by atoms with Gasteiger partial charge in [-0.25, -0.2) is 4.57 Å². The molecule has 0 aromatic rings. The molecule has 0 saturated heterocycles. The molecule has 0 spiro atoms. The molecule has 0 unspecified atom stereocenters. The number of phosphoric acid groups is 1. The van der Waals surface area contributed by atoms with Crippen LogP contribution in [0.4, 0.5) is 0 Å². The second-order valence-electron chi connectivity index (χ2n) is 12.7. The minimum absolute atomic E-state index is 0.839. The van der Waals surface area contributed by atoms with Crippen LogP contribution in [-0.2, 0) is 4.57 Å². The summed E-state index contributed by atoms with van der Waals surface area (Å²) in [7, 11) is -4.64. The Bertz CT molecular complexity index is 415. The molecule has 0 atom stereocenters. The molecule has 4 nitrogen and oxygen atoms in total. The van der Waals surface area contributed by atoms with Crippen molar-refractivity contribution in [3.05, 3.63) is 0 Å². The van der Waals surface area contributed by atoms with Gasteiger partial charge >= 0.3 is 285 Å². The summed E-state index contributed by atoms with van der Waals surface area (Å²) in [5.41, 5.74) is 0. The van der Waals surface area contributed by atoms with Gasteiger partial charge in [-0.1, -0.05) is 0 Å². The molecule has 0 aliphatic rings. The van der Waals surface area contributed by atoms with Crippen LogP contribution in [0, 0.1) is 0 Å². The quantitative estimate of drug-likeness (QED) is 0.0566. The van der Waals surface area contributed by atoms with Crippen molar-refractivity contribution in [2.45, 2.75) is 218 Å². The molecular formula is C36H84O4PSn3. The fourth-order valence-electron chi connectivity index (χ4n) is 4.97. The van der Waals surface area contributed by atoms with E-state index in [-0.39, 0.29) is 0 Å². The zero-order chi connectivity index (χ0) is 34.3. The van der Waals surface area contributed by atoms with E-state index in [4.69, 9.17) is 19.2 Å².